The van der Waals surface area contributed by atoms with Gasteiger partial charge in [-0.1, -0.05) is 12.1 Å². The largest absolute Gasteiger partial charge is 0.497 e. The van der Waals surface area contributed by atoms with Crippen LogP contribution in [0.2, 0.25) is 0 Å². The number of nitrogens with one attached hydrogen (secondary N) is 1. The number of methoxy groups -OCH3 is 2. The van der Waals surface area contributed by atoms with Crippen molar-refractivity contribution in [3.63, 3.8) is 0 Å². The van der Waals surface area contributed by atoms with Gasteiger partial charge in [-0.25, -0.2) is 0 Å². The maximum atomic E-state index is 12.2. The Hall–Kier alpha value is -2.08. The van der Waals surface area contributed by atoms with Crippen LogP contribution in [0.3, 0.4) is 0 Å². The van der Waals surface area contributed by atoms with Crippen LogP contribution in [0.4, 0.5) is 0 Å². The quantitative estimate of drug-likeness (QED) is 0.728. The molecule has 0 aliphatic rings. The fourth-order valence-electron chi connectivity index (χ4n) is 2.31. The van der Waals surface area contributed by atoms with Gasteiger partial charge >= 0.3 is 5.97 Å². The minimum absolute atomic E-state index is 0.0247. The van der Waals surface area contributed by atoms with Gasteiger partial charge in [0.2, 0.25) is 5.91 Å². The van der Waals surface area contributed by atoms with E-state index in [2.05, 4.69) is 5.32 Å². The monoisotopic (exact) mass is 323 g/mol. The zero-order valence-electron chi connectivity index (χ0n) is 14.1. The molecule has 1 aromatic carbocycles. The summed E-state index contributed by atoms with van der Waals surface area (Å²) >= 11 is 0. The van der Waals surface area contributed by atoms with E-state index in [1.165, 1.54) is 0 Å². The first-order valence-electron chi connectivity index (χ1n) is 7.51. The normalized spacial score (nSPS) is 14.6. The number of carboxylic acid groups (broad SMARTS) is 1. The lowest BCUT2D eigenvalue weighted by atomic mass is 9.88. The van der Waals surface area contributed by atoms with E-state index in [0.29, 0.717) is 17.7 Å². The molecular formula is C17H25NO5. The Kier molecular flexibility index (Phi) is 7.03. The molecule has 1 amide bonds. The van der Waals surface area contributed by atoms with Crippen LogP contribution in [-0.2, 0) is 19.9 Å². The summed E-state index contributed by atoms with van der Waals surface area (Å²) in [4.78, 5) is 23.4. The lowest BCUT2D eigenvalue weighted by molar-refractivity contribution is -0.139. The number of hydrogen-bond acceptors (Lipinski definition) is 4. The molecule has 6 heteroatoms. The number of rotatable bonds is 9. The Morgan fingerprint density at radius 2 is 2.04 bits per heavy atom. The molecule has 2 N–H and O–H groups in total. The Balaban J connectivity index is 2.93. The van der Waals surface area contributed by atoms with Gasteiger partial charge in [0.05, 0.1) is 25.2 Å². The zero-order chi connectivity index (χ0) is 17.5. The van der Waals surface area contributed by atoms with Gasteiger partial charge < -0.3 is 19.9 Å². The van der Waals surface area contributed by atoms with Crippen molar-refractivity contribution in [1.82, 2.24) is 5.32 Å². The molecule has 0 aliphatic heterocycles. The summed E-state index contributed by atoms with van der Waals surface area (Å²) in [6.07, 6.45) is 0.604. The van der Waals surface area contributed by atoms with Crippen molar-refractivity contribution in [2.75, 3.05) is 14.2 Å². The number of amides is 1. The molecule has 0 radical (unpaired) electrons. The highest BCUT2D eigenvalue weighted by Gasteiger charge is 2.31. The lowest BCUT2D eigenvalue weighted by Crippen LogP contribution is -2.45. The van der Waals surface area contributed by atoms with Gasteiger partial charge in [-0.15, -0.1) is 0 Å². The number of carbonyl (C=O) groups is 2. The van der Waals surface area contributed by atoms with Crippen LogP contribution in [0, 0.1) is 0 Å². The highest BCUT2D eigenvalue weighted by molar-refractivity contribution is 5.78. The average Bonchev–Trinajstić information content (AvgIpc) is 2.51. The van der Waals surface area contributed by atoms with E-state index in [9.17, 15) is 14.7 Å². The summed E-state index contributed by atoms with van der Waals surface area (Å²) in [6.45, 7) is 3.58. The van der Waals surface area contributed by atoms with Crippen LogP contribution in [0.5, 0.6) is 5.75 Å². The maximum absolute atomic E-state index is 12.2. The van der Waals surface area contributed by atoms with Crippen LogP contribution in [0.25, 0.3) is 0 Å². The van der Waals surface area contributed by atoms with Gasteiger partial charge in [-0.2, -0.15) is 0 Å². The Morgan fingerprint density at radius 1 is 1.35 bits per heavy atom. The van der Waals surface area contributed by atoms with Crippen molar-refractivity contribution in [3.8, 4) is 5.75 Å². The van der Waals surface area contributed by atoms with Crippen molar-refractivity contribution in [2.24, 2.45) is 0 Å². The van der Waals surface area contributed by atoms with E-state index in [-0.39, 0.29) is 24.9 Å². The average molecular weight is 323 g/mol. The van der Waals surface area contributed by atoms with Gasteiger partial charge in [-0.3, -0.25) is 9.59 Å². The summed E-state index contributed by atoms with van der Waals surface area (Å²) in [5.74, 6) is -0.581. The van der Waals surface area contributed by atoms with E-state index in [0.717, 1.165) is 0 Å². The van der Waals surface area contributed by atoms with Gasteiger partial charge in [0.25, 0.3) is 0 Å². The molecular weight excluding hydrogens is 298 g/mol. The molecule has 6 nitrogen and oxygen atoms in total. The predicted octanol–water partition coefficient (Wildman–Crippen LogP) is 2.32. The van der Waals surface area contributed by atoms with E-state index < -0.39 is 11.5 Å². The third-order valence-corrected chi connectivity index (χ3v) is 3.81. The molecule has 0 saturated heterocycles. The Labute approximate surface area is 136 Å². The smallest absolute Gasteiger partial charge is 0.306 e. The van der Waals surface area contributed by atoms with Crippen molar-refractivity contribution in [3.05, 3.63) is 29.8 Å². The number of carbonyl (C=O) groups excluding carboxylic acids is 1. The van der Waals surface area contributed by atoms with E-state index >= 15 is 0 Å². The number of benzene rings is 1. The minimum atomic E-state index is -1.01. The Bertz CT molecular complexity index is 546. The molecule has 23 heavy (non-hydrogen) atoms. The van der Waals surface area contributed by atoms with Gasteiger partial charge in [0.15, 0.2) is 0 Å². The van der Waals surface area contributed by atoms with Gasteiger partial charge in [-0.05, 0) is 38.0 Å². The summed E-state index contributed by atoms with van der Waals surface area (Å²) in [5, 5.41) is 12.0. The first-order chi connectivity index (χ1) is 10.8. The van der Waals surface area contributed by atoms with Crippen LogP contribution in [0.15, 0.2) is 24.3 Å². The van der Waals surface area contributed by atoms with Crippen molar-refractivity contribution < 1.29 is 24.2 Å². The summed E-state index contributed by atoms with van der Waals surface area (Å²) in [5.41, 5.74) is -0.319. The Morgan fingerprint density at radius 3 is 2.61 bits per heavy atom. The number of carboxylic acids is 1. The van der Waals surface area contributed by atoms with E-state index in [1.807, 2.05) is 6.92 Å². The molecule has 1 aromatic rings. The second kappa shape index (κ2) is 8.53. The second-order valence-corrected chi connectivity index (χ2v) is 5.77. The molecule has 1 rings (SSSR count). The van der Waals surface area contributed by atoms with E-state index in [4.69, 9.17) is 9.47 Å². The summed E-state index contributed by atoms with van der Waals surface area (Å²) in [6, 6.07) is 7.06. The van der Waals surface area contributed by atoms with Crippen LogP contribution >= 0.6 is 0 Å². The SMILES string of the molecule is COc1cccc(C(C)(CC(=O)O)NC(=O)CCC(C)OC)c1. The first-order valence-corrected chi connectivity index (χ1v) is 7.51. The molecule has 0 saturated carbocycles. The zero-order valence-corrected chi connectivity index (χ0v) is 14.1. The van der Waals surface area contributed by atoms with Gasteiger partial charge in [0.1, 0.15) is 5.75 Å². The van der Waals surface area contributed by atoms with Crippen molar-refractivity contribution in [1.29, 1.82) is 0 Å². The molecule has 0 aromatic heterocycles. The third kappa shape index (κ3) is 5.90. The lowest BCUT2D eigenvalue weighted by Gasteiger charge is -2.30. The first kappa shape index (κ1) is 19.0. The fourth-order valence-corrected chi connectivity index (χ4v) is 2.31. The number of hydrogen-bond donors (Lipinski definition) is 2. The predicted molar refractivity (Wildman–Crippen MR) is 86.4 cm³/mol. The maximum Gasteiger partial charge on any atom is 0.306 e. The second-order valence-electron chi connectivity index (χ2n) is 5.77. The molecule has 0 spiro atoms. The standard InChI is InChI=1S/C17H25NO5/c1-12(22-3)8-9-15(19)18-17(2,11-16(20)21)13-6-5-7-14(10-13)23-4/h5-7,10,12H,8-9,11H2,1-4H3,(H,18,19)(H,20,21). The van der Waals surface area contributed by atoms with Crippen molar-refractivity contribution >= 4 is 11.9 Å². The fraction of sp³-hybridized carbons (Fsp3) is 0.529. The molecule has 128 valence electrons. The molecule has 0 heterocycles. The van der Waals surface area contributed by atoms with Crippen LogP contribution < -0.4 is 10.1 Å². The highest BCUT2D eigenvalue weighted by Crippen LogP contribution is 2.28. The van der Waals surface area contributed by atoms with Crippen LogP contribution in [0.1, 0.15) is 38.7 Å². The number of aliphatic carboxylic acids is 1. The van der Waals surface area contributed by atoms with Crippen molar-refractivity contribution in [2.45, 2.75) is 44.8 Å². The highest BCUT2D eigenvalue weighted by atomic mass is 16.5. The molecule has 2 atom stereocenters. The minimum Gasteiger partial charge on any atom is -0.497 e. The molecule has 0 aliphatic carbocycles. The molecule has 2 unspecified atom stereocenters. The number of ether oxygens (including phenoxy) is 2. The summed E-state index contributed by atoms with van der Waals surface area (Å²) < 4.78 is 10.3. The van der Waals surface area contributed by atoms with E-state index in [1.54, 1.807) is 45.4 Å². The van der Waals surface area contributed by atoms with Gasteiger partial charge in [0, 0.05) is 13.5 Å². The molecule has 0 bridgehead atoms. The van der Waals surface area contributed by atoms with Crippen LogP contribution in [-0.4, -0.2) is 37.3 Å². The third-order valence-electron chi connectivity index (χ3n) is 3.81. The summed E-state index contributed by atoms with van der Waals surface area (Å²) in [7, 11) is 3.13. The molecule has 0 fully saturated rings. The topological polar surface area (TPSA) is 84.9 Å².